The molecular formula is C11H7Cl3N2. The first-order chi connectivity index (χ1) is 7.58. The van der Waals surface area contributed by atoms with Crippen LogP contribution in [0.15, 0.2) is 30.3 Å². The van der Waals surface area contributed by atoms with Crippen LogP contribution < -0.4 is 5.73 Å². The number of halogens is 3. The van der Waals surface area contributed by atoms with Gasteiger partial charge in [0.1, 0.15) is 5.82 Å². The number of nitrogens with zero attached hydrogens (tertiary/aromatic N) is 1. The molecule has 1 aromatic carbocycles. The number of aromatic nitrogens is 1. The summed E-state index contributed by atoms with van der Waals surface area (Å²) in [5.74, 6) is 0.421. The number of benzene rings is 1. The van der Waals surface area contributed by atoms with Crippen LogP contribution in [0.3, 0.4) is 0 Å². The van der Waals surface area contributed by atoms with E-state index in [0.29, 0.717) is 32.1 Å². The number of nitrogens with two attached hydrogens (primary N) is 1. The summed E-state index contributed by atoms with van der Waals surface area (Å²) in [5.41, 5.74) is 6.92. The van der Waals surface area contributed by atoms with Crippen LogP contribution in [0.2, 0.25) is 15.1 Å². The van der Waals surface area contributed by atoms with Gasteiger partial charge in [0.05, 0.1) is 15.7 Å². The van der Waals surface area contributed by atoms with E-state index in [1.54, 1.807) is 30.3 Å². The van der Waals surface area contributed by atoms with E-state index in [0.717, 1.165) is 0 Å². The topological polar surface area (TPSA) is 38.9 Å². The van der Waals surface area contributed by atoms with Crippen LogP contribution in [0.25, 0.3) is 11.3 Å². The van der Waals surface area contributed by atoms with E-state index in [-0.39, 0.29) is 0 Å². The fourth-order valence-corrected chi connectivity index (χ4v) is 2.04. The lowest BCUT2D eigenvalue weighted by atomic mass is 10.1. The highest BCUT2D eigenvalue weighted by Gasteiger charge is 2.10. The number of hydrogen-bond donors (Lipinski definition) is 1. The zero-order valence-electron chi connectivity index (χ0n) is 8.05. The highest BCUT2D eigenvalue weighted by Crippen LogP contribution is 2.35. The SMILES string of the molecule is Nc1cccc(-c2cc(Cl)cc(Cl)c2Cl)n1. The Kier molecular flexibility index (Phi) is 3.24. The molecule has 82 valence electrons. The summed E-state index contributed by atoms with van der Waals surface area (Å²) in [6.07, 6.45) is 0. The minimum Gasteiger partial charge on any atom is -0.384 e. The van der Waals surface area contributed by atoms with Crippen molar-refractivity contribution in [2.24, 2.45) is 0 Å². The molecule has 2 rings (SSSR count). The Morgan fingerprint density at radius 3 is 2.50 bits per heavy atom. The van der Waals surface area contributed by atoms with Gasteiger partial charge in [-0.2, -0.15) is 0 Å². The molecule has 0 aliphatic rings. The molecule has 0 fully saturated rings. The van der Waals surface area contributed by atoms with Gasteiger partial charge in [-0.1, -0.05) is 40.9 Å². The lowest BCUT2D eigenvalue weighted by Gasteiger charge is -2.06. The van der Waals surface area contributed by atoms with Gasteiger partial charge in [0, 0.05) is 10.6 Å². The number of anilines is 1. The Bertz CT molecular complexity index is 541. The van der Waals surface area contributed by atoms with E-state index < -0.39 is 0 Å². The lowest BCUT2D eigenvalue weighted by Crippen LogP contribution is -1.92. The molecule has 2 aromatic rings. The largest absolute Gasteiger partial charge is 0.384 e. The molecule has 0 unspecified atom stereocenters. The summed E-state index contributed by atoms with van der Waals surface area (Å²) in [5, 5.41) is 1.33. The third kappa shape index (κ3) is 2.24. The molecule has 1 aromatic heterocycles. The van der Waals surface area contributed by atoms with Gasteiger partial charge in [0.25, 0.3) is 0 Å². The maximum Gasteiger partial charge on any atom is 0.124 e. The van der Waals surface area contributed by atoms with Crippen molar-refractivity contribution in [2.45, 2.75) is 0 Å². The van der Waals surface area contributed by atoms with Crippen molar-refractivity contribution in [1.29, 1.82) is 0 Å². The van der Waals surface area contributed by atoms with E-state index in [1.165, 1.54) is 0 Å². The fourth-order valence-electron chi connectivity index (χ4n) is 1.34. The van der Waals surface area contributed by atoms with E-state index in [4.69, 9.17) is 40.5 Å². The van der Waals surface area contributed by atoms with Crippen LogP contribution in [-0.2, 0) is 0 Å². The number of hydrogen-bond acceptors (Lipinski definition) is 2. The molecular weight excluding hydrogens is 266 g/mol. The van der Waals surface area contributed by atoms with Crippen molar-refractivity contribution in [3.05, 3.63) is 45.4 Å². The van der Waals surface area contributed by atoms with Crippen LogP contribution in [-0.4, -0.2) is 4.98 Å². The molecule has 2 nitrogen and oxygen atoms in total. The maximum atomic E-state index is 6.08. The van der Waals surface area contributed by atoms with Gasteiger partial charge < -0.3 is 5.73 Å². The molecule has 5 heteroatoms. The highest BCUT2D eigenvalue weighted by atomic mass is 35.5. The number of rotatable bonds is 1. The quantitative estimate of drug-likeness (QED) is 0.787. The predicted octanol–water partition coefficient (Wildman–Crippen LogP) is 4.29. The molecule has 0 aliphatic carbocycles. The molecule has 1 heterocycles. The van der Waals surface area contributed by atoms with Crippen molar-refractivity contribution < 1.29 is 0 Å². The van der Waals surface area contributed by atoms with Crippen molar-refractivity contribution >= 4 is 40.6 Å². The second-order valence-corrected chi connectivity index (χ2v) is 4.42. The average molecular weight is 274 g/mol. The zero-order chi connectivity index (χ0) is 11.7. The van der Waals surface area contributed by atoms with E-state index >= 15 is 0 Å². The molecule has 0 radical (unpaired) electrons. The average Bonchev–Trinajstić information content (AvgIpc) is 2.23. The van der Waals surface area contributed by atoms with Crippen LogP contribution in [0.5, 0.6) is 0 Å². The summed E-state index contributed by atoms with van der Waals surface area (Å²) >= 11 is 17.9. The highest BCUT2D eigenvalue weighted by molar-refractivity contribution is 6.45. The smallest absolute Gasteiger partial charge is 0.124 e. The maximum absolute atomic E-state index is 6.08. The second kappa shape index (κ2) is 4.50. The molecule has 0 saturated carbocycles. The third-order valence-electron chi connectivity index (χ3n) is 2.04. The van der Waals surface area contributed by atoms with Crippen molar-refractivity contribution in [2.75, 3.05) is 5.73 Å². The first kappa shape index (κ1) is 11.5. The van der Waals surface area contributed by atoms with Gasteiger partial charge in [-0.25, -0.2) is 4.98 Å². The van der Waals surface area contributed by atoms with E-state index in [2.05, 4.69) is 4.98 Å². The summed E-state index contributed by atoms with van der Waals surface area (Å²) in [6.45, 7) is 0. The van der Waals surface area contributed by atoms with Gasteiger partial charge in [-0.05, 0) is 24.3 Å². The Hall–Kier alpha value is -0.960. The molecule has 0 aliphatic heterocycles. The van der Waals surface area contributed by atoms with Gasteiger partial charge in [-0.15, -0.1) is 0 Å². The Balaban J connectivity index is 2.64. The molecule has 2 N–H and O–H groups in total. The first-order valence-corrected chi connectivity index (χ1v) is 5.59. The summed E-state index contributed by atoms with van der Waals surface area (Å²) in [4.78, 5) is 4.16. The van der Waals surface area contributed by atoms with Crippen LogP contribution in [0, 0.1) is 0 Å². The summed E-state index contributed by atoms with van der Waals surface area (Å²) in [7, 11) is 0. The molecule has 0 spiro atoms. The van der Waals surface area contributed by atoms with Crippen molar-refractivity contribution in [3.8, 4) is 11.3 Å². The fraction of sp³-hybridized carbons (Fsp3) is 0. The van der Waals surface area contributed by atoms with Gasteiger partial charge in [0.2, 0.25) is 0 Å². The number of pyridine rings is 1. The Morgan fingerprint density at radius 2 is 1.81 bits per heavy atom. The Morgan fingerprint density at radius 1 is 1.06 bits per heavy atom. The van der Waals surface area contributed by atoms with Crippen molar-refractivity contribution in [3.63, 3.8) is 0 Å². The monoisotopic (exact) mass is 272 g/mol. The normalized spacial score (nSPS) is 10.4. The molecule has 0 saturated heterocycles. The minimum atomic E-state index is 0.397. The standard InChI is InChI=1S/C11H7Cl3N2/c12-6-4-7(11(14)8(13)5-6)9-2-1-3-10(15)16-9/h1-5H,(H2,15,16). The molecule has 0 atom stereocenters. The summed E-state index contributed by atoms with van der Waals surface area (Å²) < 4.78 is 0. The van der Waals surface area contributed by atoms with Crippen LogP contribution in [0.4, 0.5) is 5.82 Å². The van der Waals surface area contributed by atoms with Gasteiger partial charge in [0.15, 0.2) is 0 Å². The minimum absolute atomic E-state index is 0.397. The number of nitrogen functional groups attached to an aromatic ring is 1. The van der Waals surface area contributed by atoms with Gasteiger partial charge >= 0.3 is 0 Å². The first-order valence-electron chi connectivity index (χ1n) is 4.45. The summed E-state index contributed by atoms with van der Waals surface area (Å²) in [6, 6.07) is 8.58. The zero-order valence-corrected chi connectivity index (χ0v) is 10.3. The molecule has 16 heavy (non-hydrogen) atoms. The Labute approximate surface area is 108 Å². The van der Waals surface area contributed by atoms with Crippen LogP contribution in [0.1, 0.15) is 0 Å². The predicted molar refractivity (Wildman–Crippen MR) is 69.1 cm³/mol. The van der Waals surface area contributed by atoms with Crippen LogP contribution >= 0.6 is 34.8 Å². The molecule has 0 amide bonds. The van der Waals surface area contributed by atoms with Gasteiger partial charge in [-0.3, -0.25) is 0 Å². The van der Waals surface area contributed by atoms with E-state index in [9.17, 15) is 0 Å². The van der Waals surface area contributed by atoms with E-state index in [1.807, 2.05) is 0 Å². The lowest BCUT2D eigenvalue weighted by molar-refractivity contribution is 1.33. The third-order valence-corrected chi connectivity index (χ3v) is 3.06. The second-order valence-electron chi connectivity index (χ2n) is 3.20. The molecule has 0 bridgehead atoms. The van der Waals surface area contributed by atoms with Crippen molar-refractivity contribution in [1.82, 2.24) is 4.98 Å².